The van der Waals surface area contributed by atoms with E-state index in [1.807, 2.05) is 0 Å². The van der Waals surface area contributed by atoms with Crippen LogP contribution in [0.4, 0.5) is 0 Å². The Morgan fingerprint density at radius 3 is 0.298 bits per heavy atom. The van der Waals surface area contributed by atoms with E-state index in [9.17, 15) is 39.6 Å². The molecule has 0 fully saturated rings. The summed E-state index contributed by atoms with van der Waals surface area (Å²) in [6, 6.07) is 0. The maximum atomic E-state index is 10.2. The number of carboxylic acid groups (broad SMARTS) is 4. The summed E-state index contributed by atoms with van der Waals surface area (Å²) in [4.78, 5) is 40.9. The minimum Gasteiger partial charge on any atom is -0.550 e. The molecule has 0 heterocycles. The zero-order valence-corrected chi connectivity index (χ0v) is 71.0. The van der Waals surface area contributed by atoms with E-state index in [1.165, 1.54) is 334 Å². The van der Waals surface area contributed by atoms with Crippen LogP contribution in [0.5, 0.6) is 0 Å². The smallest absolute Gasteiger partial charge is 0.550 e. The number of aliphatic carboxylic acids is 4. The number of unbranched alkanes of at least 4 members (excludes halogenated alkanes) is 56. The molecule has 0 saturated carbocycles. The van der Waals surface area contributed by atoms with Crippen molar-refractivity contribution in [2.45, 2.75) is 439 Å². The number of hydrogen-bond donors (Lipinski definition) is 0. The zero-order valence-electron chi connectivity index (χ0n) is 58.5. The van der Waals surface area contributed by atoms with Gasteiger partial charge in [-0.15, -0.1) is 0 Å². The molecule has 0 saturated heterocycles. The first-order chi connectivity index (χ1) is 39.1. The first kappa shape index (κ1) is 104. The fourth-order valence-corrected chi connectivity index (χ4v) is 10.6. The van der Waals surface area contributed by atoms with Crippen LogP contribution in [0, 0.1) is 0 Å². The van der Waals surface area contributed by atoms with Crippen molar-refractivity contribution >= 4 is 23.9 Å². The van der Waals surface area contributed by atoms with E-state index in [1.54, 1.807) is 0 Å². The van der Waals surface area contributed by atoms with Crippen molar-refractivity contribution in [2.24, 2.45) is 0 Å². The molecule has 12 heteroatoms. The molecule has 0 amide bonds. The van der Waals surface area contributed by atoms with Crippen LogP contribution in [0.25, 0.3) is 0 Å². The van der Waals surface area contributed by atoms with Crippen LogP contribution in [0.2, 0.25) is 0 Å². The normalized spacial score (nSPS) is 10.3. The monoisotopic (exact) mass is 1290 g/mol. The number of carboxylic acids is 4. The molecule has 84 heavy (non-hydrogen) atoms. The van der Waals surface area contributed by atoms with Crippen molar-refractivity contribution in [3.63, 3.8) is 0 Å². The minimum atomic E-state index is -0.903. The number of carbonyl (C=O) groups is 4. The molecule has 0 aromatic rings. The molecule has 0 aromatic carbocycles. The zero-order chi connectivity index (χ0) is 59.6. The van der Waals surface area contributed by atoms with E-state index in [4.69, 9.17) is 0 Å². The van der Waals surface area contributed by atoms with E-state index in [2.05, 4.69) is 27.7 Å². The predicted molar refractivity (Wildman–Crippen MR) is 338 cm³/mol. The van der Waals surface area contributed by atoms with Gasteiger partial charge in [0.15, 0.2) is 0 Å². The average Bonchev–Trinajstić information content (AvgIpc) is 3.43. The first-order valence-electron chi connectivity index (χ1n) is 35.9. The van der Waals surface area contributed by atoms with Crippen LogP contribution in [0.3, 0.4) is 0 Å². The second-order valence-corrected chi connectivity index (χ2v) is 24.3. The van der Waals surface area contributed by atoms with Crippen LogP contribution < -0.4 is 226 Å². The van der Waals surface area contributed by atoms with Gasteiger partial charge in [-0.3, -0.25) is 0 Å². The predicted octanol–water partition coefficient (Wildman–Crippen LogP) is 8.01. The summed E-state index contributed by atoms with van der Waals surface area (Å²) in [5.41, 5.74) is 0. The van der Waals surface area contributed by atoms with E-state index in [-0.39, 0.29) is 231 Å². The van der Waals surface area contributed by atoms with Crippen LogP contribution in [-0.4, -0.2) is 23.9 Å². The van der Waals surface area contributed by atoms with Crippen LogP contribution in [-0.2, 0) is 19.2 Å². The van der Waals surface area contributed by atoms with Crippen LogP contribution in [0.1, 0.15) is 439 Å². The van der Waals surface area contributed by atoms with Crippen LogP contribution >= 0.6 is 0 Å². The summed E-state index contributed by atoms with van der Waals surface area (Å²) in [5.74, 6) is -3.61. The van der Waals surface area contributed by atoms with Crippen molar-refractivity contribution in [3.05, 3.63) is 0 Å². The SMILES string of the molecule is CCCCCCCCCCCCCCCCCC(=O)[O-].CCCCCCCCCCCCCCCCCC(=O)[O-].CCCCCCCCCCCCCCCCCC(=O)[O-].CCCCCCCCCCCCCCCCCC(=O)[O-].[K+].[K+].[K+].[K+]. The van der Waals surface area contributed by atoms with Crippen molar-refractivity contribution in [2.75, 3.05) is 0 Å². The third-order valence-corrected chi connectivity index (χ3v) is 15.9. The summed E-state index contributed by atoms with van der Waals surface area (Å²) in [7, 11) is 0. The van der Waals surface area contributed by atoms with Gasteiger partial charge in [-0.05, 0) is 51.4 Å². The van der Waals surface area contributed by atoms with Gasteiger partial charge in [0.1, 0.15) is 0 Å². The van der Waals surface area contributed by atoms with Gasteiger partial charge in [0, 0.05) is 23.9 Å². The first-order valence-corrected chi connectivity index (χ1v) is 35.9. The molecule has 0 aliphatic rings. The standard InChI is InChI=1S/4C18H36O2.4K/c4*1-2-3-4-5-6-7-8-9-10-11-12-13-14-15-16-17-18(19)20;;;;/h4*2-17H2,1H3,(H,19,20);;;;/q;;;;4*+1/p-4. The summed E-state index contributed by atoms with van der Waals surface area (Å²) >= 11 is 0. The molecule has 8 nitrogen and oxygen atoms in total. The van der Waals surface area contributed by atoms with Crippen molar-refractivity contribution < 1.29 is 245 Å². The van der Waals surface area contributed by atoms with E-state index in [0.29, 0.717) is 0 Å². The Morgan fingerprint density at radius 2 is 0.226 bits per heavy atom. The summed E-state index contributed by atoms with van der Waals surface area (Å²) in [6.45, 7) is 9.07. The molecule has 0 bridgehead atoms. The Kier molecular flexibility index (Phi) is 126. The molecular formula is C72H140K4O8. The van der Waals surface area contributed by atoms with Gasteiger partial charge in [0.2, 0.25) is 0 Å². The number of hydrogen-bond acceptors (Lipinski definition) is 8. The maximum absolute atomic E-state index is 10.2. The average molecular weight is 1290 g/mol. The van der Waals surface area contributed by atoms with E-state index < -0.39 is 23.9 Å². The second-order valence-electron chi connectivity index (χ2n) is 24.3. The molecule has 0 rings (SSSR count). The third kappa shape index (κ3) is 120. The summed E-state index contributed by atoms with van der Waals surface area (Å²) < 4.78 is 0. The molecule has 480 valence electrons. The van der Waals surface area contributed by atoms with Gasteiger partial charge in [-0.25, -0.2) is 0 Å². The Labute approximate surface area is 695 Å². The molecule has 0 aliphatic heterocycles. The molecule has 0 N–H and O–H groups in total. The van der Waals surface area contributed by atoms with Crippen molar-refractivity contribution in [3.8, 4) is 0 Å². The molecule has 0 aliphatic carbocycles. The fourth-order valence-electron chi connectivity index (χ4n) is 10.6. The molecule has 0 atom stereocenters. The molecule has 0 aromatic heterocycles. The number of carbonyl (C=O) groups excluding carboxylic acids is 4. The largest absolute Gasteiger partial charge is 1.00 e. The van der Waals surface area contributed by atoms with Gasteiger partial charge in [-0.1, -0.05) is 387 Å². The molecule has 0 radical (unpaired) electrons. The van der Waals surface area contributed by atoms with Crippen LogP contribution in [0.15, 0.2) is 0 Å². The van der Waals surface area contributed by atoms with Gasteiger partial charge >= 0.3 is 206 Å². The Balaban J connectivity index is -0.000000150. The molecular weight excluding hydrogens is 1150 g/mol. The van der Waals surface area contributed by atoms with E-state index in [0.717, 1.165) is 51.4 Å². The summed E-state index contributed by atoms with van der Waals surface area (Å²) in [5, 5.41) is 40.9. The van der Waals surface area contributed by atoms with Crippen molar-refractivity contribution in [1.82, 2.24) is 0 Å². The van der Waals surface area contributed by atoms with Gasteiger partial charge in [-0.2, -0.15) is 0 Å². The van der Waals surface area contributed by atoms with E-state index >= 15 is 0 Å². The Bertz CT molecular complexity index is 1010. The molecule has 0 unspecified atom stereocenters. The maximum Gasteiger partial charge on any atom is 1.00 e. The number of rotatable bonds is 64. The quantitative estimate of drug-likeness (QED) is 0.0438. The Morgan fingerprint density at radius 1 is 0.155 bits per heavy atom. The van der Waals surface area contributed by atoms with Gasteiger partial charge in [0.25, 0.3) is 0 Å². The minimum absolute atomic E-state index is 0. The third-order valence-electron chi connectivity index (χ3n) is 15.9. The fraction of sp³-hybridized carbons (Fsp3) is 0.944. The molecule has 0 spiro atoms. The van der Waals surface area contributed by atoms with Gasteiger partial charge in [0.05, 0.1) is 0 Å². The van der Waals surface area contributed by atoms with Gasteiger partial charge < -0.3 is 39.6 Å². The Hall–Kier alpha value is 4.43. The second kappa shape index (κ2) is 101. The topological polar surface area (TPSA) is 161 Å². The summed E-state index contributed by atoms with van der Waals surface area (Å²) in [6.07, 6.45) is 79.4. The van der Waals surface area contributed by atoms with Crippen molar-refractivity contribution in [1.29, 1.82) is 0 Å².